The highest BCUT2D eigenvalue weighted by atomic mass is 19.4. The van der Waals surface area contributed by atoms with Crippen molar-refractivity contribution in [3.05, 3.63) is 35.0 Å². The van der Waals surface area contributed by atoms with Gasteiger partial charge >= 0.3 is 6.18 Å². The van der Waals surface area contributed by atoms with Gasteiger partial charge in [-0.05, 0) is 51.9 Å². The SMILES string of the molecule is Cc1nc2nc(N3CCO[C@@H](c4cnn(C5CC5)c4)C3)nc(C34CC(C3)[C@@H](C(F)(F)F)C4)c2nc1C. The average molecular weight is 500 g/mol. The van der Waals surface area contributed by atoms with Gasteiger partial charge in [0.1, 0.15) is 11.6 Å². The fraction of sp³-hybridized carbons (Fsp3) is 0.640. The van der Waals surface area contributed by atoms with Gasteiger partial charge in [0.2, 0.25) is 5.95 Å². The predicted molar refractivity (Wildman–Crippen MR) is 125 cm³/mol. The molecule has 3 aromatic rings. The van der Waals surface area contributed by atoms with E-state index in [-0.39, 0.29) is 18.4 Å². The zero-order chi connectivity index (χ0) is 24.8. The molecule has 0 amide bonds. The van der Waals surface area contributed by atoms with Crippen LogP contribution in [-0.4, -0.2) is 55.6 Å². The van der Waals surface area contributed by atoms with E-state index in [1.165, 1.54) is 0 Å². The first kappa shape index (κ1) is 22.4. The Labute approximate surface area is 206 Å². The van der Waals surface area contributed by atoms with E-state index in [0.717, 1.165) is 29.8 Å². The van der Waals surface area contributed by atoms with Gasteiger partial charge in [-0.1, -0.05) is 0 Å². The fourth-order valence-electron chi connectivity index (χ4n) is 6.36. The number of aryl methyl sites for hydroxylation is 2. The molecule has 0 radical (unpaired) electrons. The molecule has 3 aromatic heterocycles. The highest BCUT2D eigenvalue weighted by Crippen LogP contribution is 2.66. The molecule has 4 heterocycles. The summed E-state index contributed by atoms with van der Waals surface area (Å²) in [6, 6.07) is 0.493. The van der Waals surface area contributed by atoms with E-state index in [9.17, 15) is 13.2 Å². The number of hydrogen-bond acceptors (Lipinski definition) is 7. The van der Waals surface area contributed by atoms with Crippen LogP contribution < -0.4 is 4.90 Å². The van der Waals surface area contributed by atoms with Crippen LogP contribution in [0.2, 0.25) is 0 Å². The molecule has 2 atom stereocenters. The van der Waals surface area contributed by atoms with Gasteiger partial charge in [0.25, 0.3) is 0 Å². The van der Waals surface area contributed by atoms with E-state index in [4.69, 9.17) is 19.7 Å². The lowest BCUT2D eigenvalue weighted by atomic mass is 9.67. The van der Waals surface area contributed by atoms with Crippen LogP contribution in [-0.2, 0) is 10.2 Å². The molecule has 0 unspecified atom stereocenters. The Hall–Kier alpha value is -2.82. The molecular formula is C25H28F3N7O. The average Bonchev–Trinajstić information content (AvgIpc) is 3.26. The molecule has 1 aliphatic heterocycles. The monoisotopic (exact) mass is 499 g/mol. The minimum Gasteiger partial charge on any atom is -0.370 e. The Morgan fingerprint density at radius 2 is 1.81 bits per heavy atom. The van der Waals surface area contributed by atoms with Crippen LogP contribution in [0.3, 0.4) is 0 Å². The second kappa shape index (κ2) is 7.60. The van der Waals surface area contributed by atoms with Crippen molar-refractivity contribution in [2.75, 3.05) is 24.6 Å². The van der Waals surface area contributed by atoms with E-state index in [0.29, 0.717) is 61.4 Å². The molecule has 190 valence electrons. The maximum absolute atomic E-state index is 13.7. The summed E-state index contributed by atoms with van der Waals surface area (Å²) in [5, 5.41) is 4.49. The van der Waals surface area contributed by atoms with E-state index in [1.807, 2.05) is 24.7 Å². The number of anilines is 1. The molecule has 2 bridgehead atoms. The van der Waals surface area contributed by atoms with Crippen LogP contribution in [0.15, 0.2) is 12.4 Å². The fourth-order valence-corrected chi connectivity index (χ4v) is 6.36. The number of nitrogens with zero attached hydrogens (tertiary/aromatic N) is 7. The van der Waals surface area contributed by atoms with Gasteiger partial charge < -0.3 is 9.64 Å². The van der Waals surface area contributed by atoms with Gasteiger partial charge in [-0.3, -0.25) is 4.68 Å². The molecule has 8 nitrogen and oxygen atoms in total. The number of halogens is 3. The summed E-state index contributed by atoms with van der Waals surface area (Å²) in [5.74, 6) is -1.12. The topological polar surface area (TPSA) is 81.9 Å². The van der Waals surface area contributed by atoms with Crippen LogP contribution in [0.1, 0.15) is 66.9 Å². The van der Waals surface area contributed by atoms with Gasteiger partial charge in [0, 0.05) is 23.7 Å². The molecule has 0 aromatic carbocycles. The lowest BCUT2D eigenvalue weighted by Gasteiger charge is -2.39. The standard InChI is InChI=1S/C25H28F3N7O/c1-13-14(2)31-22-20(30-13)21(24-7-15(8-24)18(9-24)25(26,27)28)32-23(33-22)34-5-6-36-19(12-34)16-10-29-35(11-16)17-3-4-17/h10-11,15,17-19H,3-9,12H2,1-2H3/t15?,18-,19+,24?/m0/s1. The van der Waals surface area contributed by atoms with Crippen molar-refractivity contribution in [2.24, 2.45) is 11.8 Å². The summed E-state index contributed by atoms with van der Waals surface area (Å²) in [4.78, 5) is 21.2. The van der Waals surface area contributed by atoms with Crippen molar-refractivity contribution >= 4 is 17.1 Å². The van der Waals surface area contributed by atoms with Gasteiger partial charge in [-0.15, -0.1) is 0 Å². The lowest BCUT2D eigenvalue weighted by Crippen LogP contribution is -2.40. The Morgan fingerprint density at radius 3 is 2.53 bits per heavy atom. The molecule has 4 aliphatic carbocycles. The maximum Gasteiger partial charge on any atom is 0.392 e. The molecule has 36 heavy (non-hydrogen) atoms. The van der Waals surface area contributed by atoms with E-state index in [2.05, 4.69) is 21.2 Å². The third-order valence-corrected chi connectivity index (χ3v) is 8.60. The van der Waals surface area contributed by atoms with Crippen LogP contribution >= 0.6 is 0 Å². The second-order valence-electron chi connectivity index (χ2n) is 11.0. The van der Waals surface area contributed by atoms with Crippen molar-refractivity contribution in [1.82, 2.24) is 29.7 Å². The molecule has 8 rings (SSSR count). The Bertz CT molecular complexity index is 1350. The van der Waals surface area contributed by atoms with Crippen LogP contribution in [0.5, 0.6) is 0 Å². The van der Waals surface area contributed by atoms with Crippen LogP contribution in [0, 0.1) is 25.7 Å². The Morgan fingerprint density at radius 1 is 1.03 bits per heavy atom. The van der Waals surface area contributed by atoms with E-state index >= 15 is 0 Å². The smallest absolute Gasteiger partial charge is 0.370 e. The molecule has 11 heteroatoms. The first-order chi connectivity index (χ1) is 17.2. The molecule has 5 aliphatic rings. The first-order valence-corrected chi connectivity index (χ1v) is 12.7. The Kier molecular flexibility index (Phi) is 4.72. The molecule has 4 saturated carbocycles. The van der Waals surface area contributed by atoms with Crippen LogP contribution in [0.25, 0.3) is 11.2 Å². The van der Waals surface area contributed by atoms with Crippen molar-refractivity contribution in [3.8, 4) is 0 Å². The quantitative estimate of drug-likeness (QED) is 0.527. The largest absolute Gasteiger partial charge is 0.392 e. The summed E-state index contributed by atoms with van der Waals surface area (Å²) in [6.07, 6.45) is 2.91. The first-order valence-electron chi connectivity index (χ1n) is 12.7. The predicted octanol–water partition coefficient (Wildman–Crippen LogP) is 4.38. The van der Waals surface area contributed by atoms with E-state index in [1.54, 1.807) is 0 Å². The summed E-state index contributed by atoms with van der Waals surface area (Å²) in [7, 11) is 0. The zero-order valence-electron chi connectivity index (χ0n) is 20.3. The van der Waals surface area contributed by atoms with Crippen molar-refractivity contribution < 1.29 is 17.9 Å². The normalized spacial score (nSPS) is 30.1. The molecule has 0 spiro atoms. The highest BCUT2D eigenvalue weighted by molar-refractivity contribution is 5.76. The summed E-state index contributed by atoms with van der Waals surface area (Å²) >= 11 is 0. The van der Waals surface area contributed by atoms with Crippen molar-refractivity contribution in [1.29, 1.82) is 0 Å². The number of ether oxygens (including phenoxy) is 1. The molecular weight excluding hydrogens is 471 g/mol. The number of hydrogen-bond donors (Lipinski definition) is 0. The number of alkyl halides is 3. The minimum absolute atomic E-state index is 0.0629. The lowest BCUT2D eigenvalue weighted by molar-refractivity contribution is -0.180. The van der Waals surface area contributed by atoms with Gasteiger partial charge in [0.15, 0.2) is 5.65 Å². The summed E-state index contributed by atoms with van der Waals surface area (Å²) < 4.78 is 49.1. The number of aromatic nitrogens is 6. The van der Waals surface area contributed by atoms with Gasteiger partial charge in [0.05, 0.1) is 48.4 Å². The highest BCUT2D eigenvalue weighted by Gasteiger charge is 2.65. The maximum atomic E-state index is 13.7. The molecule has 1 saturated heterocycles. The Balaban J connectivity index is 1.26. The number of fused-ring (bicyclic) bond motifs is 2. The van der Waals surface area contributed by atoms with Crippen molar-refractivity contribution in [3.63, 3.8) is 0 Å². The van der Waals surface area contributed by atoms with Crippen LogP contribution in [0.4, 0.5) is 19.1 Å². The summed E-state index contributed by atoms with van der Waals surface area (Å²) in [5.41, 5.74) is 3.53. The van der Waals surface area contributed by atoms with Crippen molar-refractivity contribution in [2.45, 2.75) is 69.7 Å². The molecule has 0 N–H and O–H groups in total. The second-order valence-corrected chi connectivity index (χ2v) is 11.0. The number of rotatable bonds is 4. The zero-order valence-corrected chi connectivity index (χ0v) is 20.3. The molecule has 5 fully saturated rings. The minimum atomic E-state index is -4.19. The van der Waals surface area contributed by atoms with Gasteiger partial charge in [-0.2, -0.15) is 23.3 Å². The number of morpholine rings is 1. The van der Waals surface area contributed by atoms with Gasteiger partial charge in [-0.25, -0.2) is 15.0 Å². The third kappa shape index (κ3) is 3.49. The van der Waals surface area contributed by atoms with E-state index < -0.39 is 17.5 Å². The third-order valence-electron chi connectivity index (χ3n) is 8.60. The summed E-state index contributed by atoms with van der Waals surface area (Å²) in [6.45, 7) is 5.37.